The number of rotatable bonds is 2. The highest BCUT2D eigenvalue weighted by molar-refractivity contribution is 6.05. The molecule has 0 atom stereocenters. The van der Waals surface area contributed by atoms with Gasteiger partial charge in [0.2, 0.25) is 5.91 Å². The van der Waals surface area contributed by atoms with E-state index in [-0.39, 0.29) is 11.7 Å². The van der Waals surface area contributed by atoms with Crippen LogP contribution < -0.4 is 10.6 Å². The third kappa shape index (κ3) is 1.54. The Labute approximate surface area is 94.0 Å². The summed E-state index contributed by atoms with van der Waals surface area (Å²) in [6, 6.07) is 4.32. The predicted molar refractivity (Wildman–Crippen MR) is 62.0 cm³/mol. The second-order valence-electron chi connectivity index (χ2n) is 4.06. The van der Waals surface area contributed by atoms with Crippen molar-refractivity contribution in [2.24, 2.45) is 0 Å². The molecule has 0 saturated carbocycles. The van der Waals surface area contributed by atoms with Crippen LogP contribution in [0.2, 0.25) is 0 Å². The van der Waals surface area contributed by atoms with Gasteiger partial charge in [-0.3, -0.25) is 4.79 Å². The molecule has 2 rings (SSSR count). The van der Waals surface area contributed by atoms with Crippen LogP contribution in [0.15, 0.2) is 18.2 Å². The standard InChI is InChI=1S/C12H15FN2O/c1-3-12(4-2)11(16)14-9-6-5-8(13)7-10(9)15-12/h5-7,15H,3-4H2,1-2H3,(H,14,16). The third-order valence-corrected chi connectivity index (χ3v) is 3.25. The van der Waals surface area contributed by atoms with Crippen LogP contribution >= 0.6 is 0 Å². The number of nitrogens with one attached hydrogen (secondary N) is 2. The molecule has 0 radical (unpaired) electrons. The summed E-state index contributed by atoms with van der Waals surface area (Å²) < 4.78 is 13.1. The Morgan fingerprint density at radius 3 is 2.56 bits per heavy atom. The lowest BCUT2D eigenvalue weighted by Gasteiger charge is -2.37. The zero-order chi connectivity index (χ0) is 11.8. The highest BCUT2D eigenvalue weighted by Gasteiger charge is 2.38. The van der Waals surface area contributed by atoms with Gasteiger partial charge in [-0.15, -0.1) is 0 Å². The molecule has 86 valence electrons. The van der Waals surface area contributed by atoms with Gasteiger partial charge in [0.25, 0.3) is 0 Å². The Balaban J connectivity index is 2.43. The number of fused-ring (bicyclic) bond motifs is 1. The molecule has 3 nitrogen and oxygen atoms in total. The minimum Gasteiger partial charge on any atom is -0.369 e. The molecule has 2 N–H and O–H groups in total. The van der Waals surface area contributed by atoms with Crippen molar-refractivity contribution in [1.82, 2.24) is 0 Å². The molecule has 4 heteroatoms. The number of halogens is 1. The Hall–Kier alpha value is -1.58. The molecule has 1 aliphatic rings. The minimum absolute atomic E-state index is 0.0448. The van der Waals surface area contributed by atoms with Crippen LogP contribution in [0.4, 0.5) is 15.8 Å². The summed E-state index contributed by atoms with van der Waals surface area (Å²) >= 11 is 0. The molecule has 0 aromatic heterocycles. The number of carbonyl (C=O) groups excluding carboxylic acids is 1. The van der Waals surface area contributed by atoms with Gasteiger partial charge in [-0.2, -0.15) is 0 Å². The Bertz CT molecular complexity index is 427. The fourth-order valence-electron chi connectivity index (χ4n) is 2.03. The molecule has 0 spiro atoms. The summed E-state index contributed by atoms with van der Waals surface area (Å²) in [7, 11) is 0. The van der Waals surface area contributed by atoms with Gasteiger partial charge in [-0.05, 0) is 31.0 Å². The molecule has 1 aromatic carbocycles. The molecular weight excluding hydrogens is 207 g/mol. The van der Waals surface area contributed by atoms with Crippen molar-refractivity contribution in [1.29, 1.82) is 0 Å². The van der Waals surface area contributed by atoms with Crippen molar-refractivity contribution in [2.45, 2.75) is 32.2 Å². The van der Waals surface area contributed by atoms with E-state index in [9.17, 15) is 9.18 Å². The predicted octanol–water partition coefficient (Wildman–Crippen LogP) is 2.75. The maximum absolute atomic E-state index is 13.1. The van der Waals surface area contributed by atoms with Crippen molar-refractivity contribution in [3.63, 3.8) is 0 Å². The van der Waals surface area contributed by atoms with Crippen molar-refractivity contribution >= 4 is 17.3 Å². The van der Waals surface area contributed by atoms with Gasteiger partial charge in [0.15, 0.2) is 0 Å². The van der Waals surface area contributed by atoms with Gasteiger partial charge < -0.3 is 10.6 Å². The lowest BCUT2D eigenvalue weighted by Crippen LogP contribution is -2.51. The summed E-state index contributed by atoms with van der Waals surface area (Å²) in [5.74, 6) is -0.347. The molecule has 1 amide bonds. The molecule has 0 saturated heterocycles. The molecule has 0 bridgehead atoms. The zero-order valence-electron chi connectivity index (χ0n) is 9.43. The van der Waals surface area contributed by atoms with Gasteiger partial charge in [-0.25, -0.2) is 4.39 Å². The first-order valence-corrected chi connectivity index (χ1v) is 5.50. The molecule has 16 heavy (non-hydrogen) atoms. The van der Waals surface area contributed by atoms with E-state index in [1.54, 1.807) is 6.07 Å². The molecule has 0 fully saturated rings. The number of carbonyl (C=O) groups is 1. The highest BCUT2D eigenvalue weighted by atomic mass is 19.1. The third-order valence-electron chi connectivity index (χ3n) is 3.25. The first-order valence-electron chi connectivity index (χ1n) is 5.50. The quantitative estimate of drug-likeness (QED) is 0.807. The van der Waals surface area contributed by atoms with Crippen LogP contribution in [0, 0.1) is 5.82 Å². The second kappa shape index (κ2) is 3.77. The average molecular weight is 222 g/mol. The molecule has 1 aliphatic heterocycles. The number of benzene rings is 1. The summed E-state index contributed by atoms with van der Waals surface area (Å²) in [6.07, 6.45) is 1.34. The zero-order valence-corrected chi connectivity index (χ0v) is 9.43. The Kier molecular flexibility index (Phi) is 2.58. The lowest BCUT2D eigenvalue weighted by atomic mass is 9.89. The van der Waals surface area contributed by atoms with E-state index in [0.717, 1.165) is 0 Å². The molecular formula is C12H15FN2O. The van der Waals surface area contributed by atoms with Crippen molar-refractivity contribution in [2.75, 3.05) is 10.6 Å². The number of hydrogen-bond donors (Lipinski definition) is 2. The highest BCUT2D eigenvalue weighted by Crippen LogP contribution is 2.34. The average Bonchev–Trinajstić information content (AvgIpc) is 2.29. The van der Waals surface area contributed by atoms with Crippen LogP contribution in [0.25, 0.3) is 0 Å². The maximum Gasteiger partial charge on any atom is 0.250 e. The minimum atomic E-state index is -0.610. The number of anilines is 2. The van der Waals surface area contributed by atoms with Crippen molar-refractivity contribution in [3.8, 4) is 0 Å². The summed E-state index contributed by atoms with van der Waals surface area (Å²) in [6.45, 7) is 3.89. The van der Waals surface area contributed by atoms with Crippen LogP contribution in [0.5, 0.6) is 0 Å². The van der Waals surface area contributed by atoms with E-state index < -0.39 is 5.54 Å². The van der Waals surface area contributed by atoms with Crippen LogP contribution in [0.1, 0.15) is 26.7 Å². The maximum atomic E-state index is 13.1. The van der Waals surface area contributed by atoms with E-state index in [1.165, 1.54) is 12.1 Å². The lowest BCUT2D eigenvalue weighted by molar-refractivity contribution is -0.120. The Morgan fingerprint density at radius 2 is 1.94 bits per heavy atom. The topological polar surface area (TPSA) is 41.1 Å². The van der Waals surface area contributed by atoms with Gasteiger partial charge in [0.1, 0.15) is 11.4 Å². The van der Waals surface area contributed by atoms with Gasteiger partial charge in [-0.1, -0.05) is 13.8 Å². The summed E-state index contributed by atoms with van der Waals surface area (Å²) in [4.78, 5) is 12.0. The first-order chi connectivity index (χ1) is 7.61. The second-order valence-corrected chi connectivity index (χ2v) is 4.06. The van der Waals surface area contributed by atoms with Gasteiger partial charge in [0, 0.05) is 0 Å². The SMILES string of the molecule is CCC1(CC)Nc2cc(F)ccc2NC1=O. The fourth-order valence-corrected chi connectivity index (χ4v) is 2.03. The monoisotopic (exact) mass is 222 g/mol. The first kappa shape index (κ1) is 10.9. The van der Waals surface area contributed by atoms with E-state index >= 15 is 0 Å². The van der Waals surface area contributed by atoms with Gasteiger partial charge in [0.05, 0.1) is 11.4 Å². The van der Waals surface area contributed by atoms with Crippen LogP contribution in [-0.4, -0.2) is 11.4 Å². The molecule has 1 aromatic rings. The van der Waals surface area contributed by atoms with Crippen molar-refractivity contribution in [3.05, 3.63) is 24.0 Å². The molecule has 0 unspecified atom stereocenters. The number of amides is 1. The number of hydrogen-bond acceptors (Lipinski definition) is 2. The molecule has 0 aliphatic carbocycles. The fraction of sp³-hybridized carbons (Fsp3) is 0.417. The van der Waals surface area contributed by atoms with E-state index in [1.807, 2.05) is 13.8 Å². The largest absolute Gasteiger partial charge is 0.369 e. The van der Waals surface area contributed by atoms with E-state index in [4.69, 9.17) is 0 Å². The molecule has 1 heterocycles. The van der Waals surface area contributed by atoms with Gasteiger partial charge >= 0.3 is 0 Å². The van der Waals surface area contributed by atoms with Crippen LogP contribution in [-0.2, 0) is 4.79 Å². The normalized spacial score (nSPS) is 17.3. The summed E-state index contributed by atoms with van der Waals surface area (Å²) in [5, 5.41) is 5.96. The smallest absolute Gasteiger partial charge is 0.250 e. The Morgan fingerprint density at radius 1 is 1.25 bits per heavy atom. The summed E-state index contributed by atoms with van der Waals surface area (Å²) in [5.41, 5.74) is 0.688. The van der Waals surface area contributed by atoms with Crippen LogP contribution in [0.3, 0.4) is 0 Å². The van der Waals surface area contributed by atoms with Crippen molar-refractivity contribution < 1.29 is 9.18 Å². The van der Waals surface area contributed by atoms with E-state index in [2.05, 4.69) is 10.6 Å². The van der Waals surface area contributed by atoms with E-state index in [0.29, 0.717) is 24.2 Å².